The van der Waals surface area contributed by atoms with E-state index in [2.05, 4.69) is 19.9 Å². The summed E-state index contributed by atoms with van der Waals surface area (Å²) < 4.78 is 5.48. The molecule has 1 amide bonds. The van der Waals surface area contributed by atoms with Gasteiger partial charge < -0.3 is 9.64 Å². The number of carbonyl (C=O) groups excluding carboxylic acids is 1. The van der Waals surface area contributed by atoms with Crippen molar-refractivity contribution in [2.24, 2.45) is 0 Å². The van der Waals surface area contributed by atoms with Gasteiger partial charge in [0.2, 0.25) is 0 Å². The zero-order chi connectivity index (χ0) is 17.8. The predicted octanol–water partition coefficient (Wildman–Crippen LogP) is 1.46. The second-order valence-electron chi connectivity index (χ2n) is 6.21. The Bertz CT molecular complexity index is 743. The number of aromatic nitrogens is 3. The highest BCUT2D eigenvalue weighted by molar-refractivity contribution is 5.92. The van der Waals surface area contributed by atoms with E-state index in [1.54, 1.807) is 19.5 Å². The first kappa shape index (κ1) is 17.3. The molecule has 0 unspecified atom stereocenters. The van der Waals surface area contributed by atoms with Gasteiger partial charge in [0.15, 0.2) is 0 Å². The molecule has 0 atom stereocenters. The molecule has 0 bridgehead atoms. The van der Waals surface area contributed by atoms with Crippen LogP contribution in [0.4, 0.5) is 0 Å². The van der Waals surface area contributed by atoms with Gasteiger partial charge in [-0.2, -0.15) is 0 Å². The molecule has 1 aliphatic rings. The minimum atomic E-state index is -0.0564. The summed E-state index contributed by atoms with van der Waals surface area (Å²) in [5, 5.41) is 0. The lowest BCUT2D eigenvalue weighted by atomic mass is 10.1. The third-order valence-electron chi connectivity index (χ3n) is 4.56. The Morgan fingerprint density at radius 1 is 1.12 bits per heavy atom. The highest BCUT2D eigenvalue weighted by atomic mass is 16.5. The van der Waals surface area contributed by atoms with Crippen molar-refractivity contribution in [1.29, 1.82) is 0 Å². The number of carbonyl (C=O) groups is 1. The first-order chi connectivity index (χ1) is 12.1. The van der Waals surface area contributed by atoms with Crippen molar-refractivity contribution in [3.63, 3.8) is 0 Å². The third kappa shape index (κ3) is 3.76. The summed E-state index contributed by atoms with van der Waals surface area (Å²) in [5.74, 6) is 0.848. The minimum Gasteiger partial charge on any atom is -0.496 e. The quantitative estimate of drug-likeness (QED) is 0.838. The minimum absolute atomic E-state index is 0.0564. The SMILES string of the molecule is COc1c(C)cnc(CN2CCN(C(=O)c3cnccn3)CC2)c1C. The number of methoxy groups -OCH3 is 1. The second-order valence-corrected chi connectivity index (χ2v) is 6.21. The van der Waals surface area contributed by atoms with Crippen molar-refractivity contribution >= 4 is 5.91 Å². The molecular weight excluding hydrogens is 318 g/mol. The number of piperazine rings is 1. The number of hydrogen-bond donors (Lipinski definition) is 0. The number of amides is 1. The number of nitrogens with zero attached hydrogens (tertiary/aromatic N) is 5. The van der Waals surface area contributed by atoms with Crippen LogP contribution in [0, 0.1) is 13.8 Å². The number of ether oxygens (including phenoxy) is 1. The van der Waals surface area contributed by atoms with E-state index in [-0.39, 0.29) is 5.91 Å². The molecule has 0 aromatic carbocycles. The largest absolute Gasteiger partial charge is 0.496 e. The van der Waals surface area contributed by atoms with Gasteiger partial charge in [0.05, 0.1) is 19.0 Å². The summed E-state index contributed by atoms with van der Waals surface area (Å²) in [6, 6.07) is 0. The first-order valence-electron chi connectivity index (χ1n) is 8.37. The smallest absolute Gasteiger partial charge is 0.274 e. The zero-order valence-corrected chi connectivity index (χ0v) is 14.9. The van der Waals surface area contributed by atoms with Crippen LogP contribution in [-0.4, -0.2) is 63.9 Å². The molecule has 3 rings (SSSR count). The normalized spacial score (nSPS) is 15.2. The van der Waals surface area contributed by atoms with E-state index in [0.29, 0.717) is 18.8 Å². The van der Waals surface area contributed by atoms with E-state index in [9.17, 15) is 4.79 Å². The average molecular weight is 341 g/mol. The van der Waals surface area contributed by atoms with E-state index in [1.807, 2.05) is 24.9 Å². The lowest BCUT2D eigenvalue weighted by molar-refractivity contribution is 0.0620. The monoisotopic (exact) mass is 341 g/mol. The molecule has 3 heterocycles. The van der Waals surface area contributed by atoms with Crippen molar-refractivity contribution in [2.45, 2.75) is 20.4 Å². The van der Waals surface area contributed by atoms with Crippen LogP contribution in [0.1, 0.15) is 27.3 Å². The Morgan fingerprint density at radius 2 is 1.88 bits per heavy atom. The van der Waals surface area contributed by atoms with E-state index in [1.165, 1.54) is 6.20 Å². The van der Waals surface area contributed by atoms with Gasteiger partial charge in [0.1, 0.15) is 11.4 Å². The van der Waals surface area contributed by atoms with Crippen LogP contribution in [0.2, 0.25) is 0 Å². The van der Waals surface area contributed by atoms with Gasteiger partial charge >= 0.3 is 0 Å². The fourth-order valence-corrected chi connectivity index (χ4v) is 3.12. The van der Waals surface area contributed by atoms with Gasteiger partial charge in [-0.25, -0.2) is 4.98 Å². The zero-order valence-electron chi connectivity index (χ0n) is 14.9. The molecule has 7 heteroatoms. The van der Waals surface area contributed by atoms with Gasteiger partial charge in [0.25, 0.3) is 5.91 Å². The van der Waals surface area contributed by atoms with Gasteiger partial charge in [-0.3, -0.25) is 19.7 Å². The summed E-state index contributed by atoms with van der Waals surface area (Å²) in [6.45, 7) is 7.78. The van der Waals surface area contributed by atoms with Crippen molar-refractivity contribution in [3.05, 3.63) is 47.3 Å². The van der Waals surface area contributed by atoms with Crippen LogP contribution in [0.3, 0.4) is 0 Å². The fraction of sp³-hybridized carbons (Fsp3) is 0.444. The summed E-state index contributed by atoms with van der Waals surface area (Å²) in [5.41, 5.74) is 3.55. The van der Waals surface area contributed by atoms with Crippen LogP contribution in [0.15, 0.2) is 24.8 Å². The highest BCUT2D eigenvalue weighted by Crippen LogP contribution is 2.25. The van der Waals surface area contributed by atoms with E-state index < -0.39 is 0 Å². The number of hydrogen-bond acceptors (Lipinski definition) is 6. The third-order valence-corrected chi connectivity index (χ3v) is 4.56. The fourth-order valence-electron chi connectivity index (χ4n) is 3.12. The van der Waals surface area contributed by atoms with E-state index >= 15 is 0 Å². The second kappa shape index (κ2) is 7.57. The molecule has 25 heavy (non-hydrogen) atoms. The van der Waals surface area contributed by atoms with E-state index in [0.717, 1.165) is 42.2 Å². The Labute approximate surface area is 147 Å². The highest BCUT2D eigenvalue weighted by Gasteiger charge is 2.24. The maximum Gasteiger partial charge on any atom is 0.274 e. The molecule has 0 radical (unpaired) electrons. The number of rotatable bonds is 4. The Balaban J connectivity index is 1.61. The maximum atomic E-state index is 12.4. The molecule has 2 aromatic heterocycles. The van der Waals surface area contributed by atoms with Gasteiger partial charge in [-0.1, -0.05) is 0 Å². The lowest BCUT2D eigenvalue weighted by Crippen LogP contribution is -2.48. The molecular formula is C18H23N5O2. The van der Waals surface area contributed by atoms with Crippen LogP contribution >= 0.6 is 0 Å². The summed E-state index contributed by atoms with van der Waals surface area (Å²) in [4.78, 5) is 29.2. The van der Waals surface area contributed by atoms with E-state index in [4.69, 9.17) is 4.74 Å². The Kier molecular flexibility index (Phi) is 5.23. The van der Waals surface area contributed by atoms with Crippen LogP contribution in [0.5, 0.6) is 5.75 Å². The molecule has 0 N–H and O–H groups in total. The first-order valence-corrected chi connectivity index (χ1v) is 8.37. The standard InChI is InChI=1S/C18H23N5O2/c1-13-10-21-16(14(2)17(13)25-3)12-22-6-8-23(9-7-22)18(24)15-11-19-4-5-20-15/h4-5,10-11H,6-9,12H2,1-3H3. The summed E-state index contributed by atoms with van der Waals surface area (Å²) in [7, 11) is 1.69. The number of aryl methyl sites for hydroxylation is 1. The number of pyridine rings is 1. The molecule has 1 fully saturated rings. The van der Waals surface area contributed by atoms with Gasteiger partial charge in [-0.15, -0.1) is 0 Å². The summed E-state index contributed by atoms with van der Waals surface area (Å²) >= 11 is 0. The van der Waals surface area contributed by atoms with Crippen LogP contribution < -0.4 is 4.74 Å². The van der Waals surface area contributed by atoms with Crippen LogP contribution in [0.25, 0.3) is 0 Å². The molecule has 0 saturated carbocycles. The van der Waals surface area contributed by atoms with Crippen molar-refractivity contribution in [3.8, 4) is 5.75 Å². The average Bonchev–Trinajstić information content (AvgIpc) is 2.65. The predicted molar refractivity (Wildman–Crippen MR) is 93.5 cm³/mol. The molecule has 1 saturated heterocycles. The van der Waals surface area contributed by atoms with Crippen LogP contribution in [-0.2, 0) is 6.54 Å². The molecule has 0 spiro atoms. The Hall–Kier alpha value is -2.54. The molecule has 7 nitrogen and oxygen atoms in total. The maximum absolute atomic E-state index is 12.4. The van der Waals surface area contributed by atoms with Crippen molar-refractivity contribution in [2.75, 3.05) is 33.3 Å². The van der Waals surface area contributed by atoms with Gasteiger partial charge in [-0.05, 0) is 13.8 Å². The van der Waals surface area contributed by atoms with Crippen molar-refractivity contribution in [1.82, 2.24) is 24.8 Å². The lowest BCUT2D eigenvalue weighted by Gasteiger charge is -2.34. The molecule has 132 valence electrons. The van der Waals surface area contributed by atoms with Crippen molar-refractivity contribution < 1.29 is 9.53 Å². The Morgan fingerprint density at radius 3 is 2.52 bits per heavy atom. The molecule has 1 aliphatic heterocycles. The molecule has 2 aromatic rings. The summed E-state index contributed by atoms with van der Waals surface area (Å²) in [6.07, 6.45) is 6.48. The topological polar surface area (TPSA) is 71.5 Å². The molecule has 0 aliphatic carbocycles. The van der Waals surface area contributed by atoms with Gasteiger partial charge in [0, 0.05) is 62.4 Å².